The first-order valence-corrected chi connectivity index (χ1v) is 19.6. The fourth-order valence-electron chi connectivity index (χ4n) is 8.81. The first kappa shape index (κ1) is 29.5. The van der Waals surface area contributed by atoms with Gasteiger partial charge in [0.2, 0.25) is 0 Å². The van der Waals surface area contributed by atoms with Crippen LogP contribution in [0.2, 0.25) is 0 Å². The minimum absolute atomic E-state index is 0.839. The molecular weight excluding hydrogens is 648 g/mol. The standard InChI is InChI=1S/C50H31OP/c51-52(37-27-25-34-23-21-32-11-1-4-14-39(32)46(34)30-37,38-28-26-35-24-22-33-12-2-5-15-40(33)47(35)31-38)50-41-16-6-3-13-36(41)29-48-44-19-8-7-17-42(44)43-18-9-10-20-45(43)49(48)50/h1-31H. The van der Waals surface area contributed by atoms with Crippen molar-refractivity contribution in [3.8, 4) is 0 Å². The van der Waals surface area contributed by atoms with Gasteiger partial charge in [0.1, 0.15) is 0 Å². The van der Waals surface area contributed by atoms with Crippen LogP contribution >= 0.6 is 7.14 Å². The van der Waals surface area contributed by atoms with E-state index in [1.165, 1.54) is 26.9 Å². The zero-order valence-corrected chi connectivity index (χ0v) is 29.1. The van der Waals surface area contributed by atoms with Crippen molar-refractivity contribution in [1.29, 1.82) is 0 Å². The maximum absolute atomic E-state index is 17.4. The Morgan fingerprint density at radius 1 is 0.269 bits per heavy atom. The van der Waals surface area contributed by atoms with Gasteiger partial charge in [-0.3, -0.25) is 0 Å². The predicted molar refractivity (Wildman–Crippen MR) is 226 cm³/mol. The molecule has 11 rings (SSSR count). The van der Waals surface area contributed by atoms with Crippen molar-refractivity contribution >= 4 is 109 Å². The lowest BCUT2D eigenvalue weighted by atomic mass is 9.92. The van der Waals surface area contributed by atoms with Crippen LogP contribution in [0.5, 0.6) is 0 Å². The molecule has 52 heavy (non-hydrogen) atoms. The Bertz CT molecular complexity index is 3220. The van der Waals surface area contributed by atoms with Gasteiger partial charge in [-0.15, -0.1) is 0 Å². The third-order valence-electron chi connectivity index (χ3n) is 11.2. The van der Waals surface area contributed by atoms with E-state index in [0.29, 0.717) is 0 Å². The molecule has 0 atom stereocenters. The van der Waals surface area contributed by atoms with Gasteiger partial charge in [-0.05, 0) is 99.0 Å². The summed E-state index contributed by atoms with van der Waals surface area (Å²) in [4.78, 5) is 0. The number of fused-ring (bicyclic) bond motifs is 13. The van der Waals surface area contributed by atoms with Crippen molar-refractivity contribution < 1.29 is 4.57 Å². The molecule has 0 radical (unpaired) electrons. The van der Waals surface area contributed by atoms with E-state index in [-0.39, 0.29) is 0 Å². The smallest absolute Gasteiger partial charge is 0.172 e. The Kier molecular flexibility index (Phi) is 6.30. The van der Waals surface area contributed by atoms with Crippen LogP contribution in [-0.2, 0) is 4.57 Å². The van der Waals surface area contributed by atoms with Crippen LogP contribution in [0.1, 0.15) is 0 Å². The third-order valence-corrected chi connectivity index (χ3v) is 14.3. The lowest BCUT2D eigenvalue weighted by Crippen LogP contribution is -2.26. The van der Waals surface area contributed by atoms with Crippen LogP contribution in [0, 0.1) is 0 Å². The van der Waals surface area contributed by atoms with E-state index in [9.17, 15) is 0 Å². The molecular formula is C50H31OP. The Morgan fingerprint density at radius 2 is 0.635 bits per heavy atom. The van der Waals surface area contributed by atoms with Crippen LogP contribution in [0.25, 0.3) is 86.2 Å². The number of hydrogen-bond donors (Lipinski definition) is 0. The van der Waals surface area contributed by atoms with Crippen molar-refractivity contribution in [3.63, 3.8) is 0 Å². The average Bonchev–Trinajstić information content (AvgIpc) is 3.22. The summed E-state index contributed by atoms with van der Waals surface area (Å²) in [6, 6.07) is 67.0. The second-order valence-electron chi connectivity index (χ2n) is 14.0. The molecule has 1 nitrogen and oxygen atoms in total. The largest absolute Gasteiger partial charge is 0.309 e. The summed E-state index contributed by atoms with van der Waals surface area (Å²) >= 11 is 0. The first-order chi connectivity index (χ1) is 25.7. The Labute approximate surface area is 300 Å². The molecule has 2 heteroatoms. The molecule has 0 heterocycles. The molecule has 0 fully saturated rings. The lowest BCUT2D eigenvalue weighted by molar-refractivity contribution is 0.593. The molecule has 0 saturated carbocycles. The molecule has 0 spiro atoms. The van der Waals surface area contributed by atoms with E-state index in [2.05, 4.69) is 188 Å². The van der Waals surface area contributed by atoms with Crippen molar-refractivity contribution in [2.45, 2.75) is 0 Å². The molecule has 0 saturated heterocycles. The third kappa shape index (κ3) is 4.15. The minimum atomic E-state index is -3.61. The van der Waals surface area contributed by atoms with Gasteiger partial charge in [-0.1, -0.05) is 170 Å². The highest BCUT2D eigenvalue weighted by Crippen LogP contribution is 2.50. The fourth-order valence-corrected chi connectivity index (χ4v) is 11.9. The summed E-state index contributed by atoms with van der Waals surface area (Å²) in [5.74, 6) is 0. The highest BCUT2D eigenvalue weighted by molar-refractivity contribution is 7.86. The second-order valence-corrected chi connectivity index (χ2v) is 16.7. The van der Waals surface area contributed by atoms with Gasteiger partial charge in [0.05, 0.1) is 0 Å². The molecule has 0 aliphatic carbocycles. The molecule has 11 aromatic rings. The van der Waals surface area contributed by atoms with Crippen molar-refractivity contribution in [2.24, 2.45) is 0 Å². The molecule has 11 aromatic carbocycles. The van der Waals surface area contributed by atoms with Crippen LogP contribution in [0.3, 0.4) is 0 Å². The van der Waals surface area contributed by atoms with Crippen LogP contribution in [0.4, 0.5) is 0 Å². The van der Waals surface area contributed by atoms with Crippen molar-refractivity contribution in [1.82, 2.24) is 0 Å². The van der Waals surface area contributed by atoms with Gasteiger partial charge in [-0.25, -0.2) is 0 Å². The molecule has 0 aliphatic rings. The summed E-state index contributed by atoms with van der Waals surface area (Å²) in [6.45, 7) is 0. The van der Waals surface area contributed by atoms with Gasteiger partial charge in [0, 0.05) is 21.3 Å². The van der Waals surface area contributed by atoms with E-state index < -0.39 is 7.14 Å². The van der Waals surface area contributed by atoms with Gasteiger partial charge in [0.15, 0.2) is 7.14 Å². The summed E-state index contributed by atoms with van der Waals surface area (Å²) in [7, 11) is -3.61. The monoisotopic (exact) mass is 678 g/mol. The second kappa shape index (κ2) is 11.1. The zero-order chi connectivity index (χ0) is 34.4. The average molecular weight is 679 g/mol. The van der Waals surface area contributed by atoms with Gasteiger partial charge >= 0.3 is 0 Å². The molecule has 0 amide bonds. The lowest BCUT2D eigenvalue weighted by Gasteiger charge is -2.26. The molecule has 0 aliphatic heterocycles. The highest BCUT2D eigenvalue weighted by atomic mass is 31.2. The van der Waals surface area contributed by atoms with Crippen molar-refractivity contribution in [3.05, 3.63) is 188 Å². The molecule has 0 bridgehead atoms. The molecule has 0 aromatic heterocycles. The van der Waals surface area contributed by atoms with Crippen LogP contribution in [-0.4, -0.2) is 0 Å². The Hall–Kier alpha value is -6.27. The van der Waals surface area contributed by atoms with Gasteiger partial charge in [0.25, 0.3) is 0 Å². The maximum atomic E-state index is 17.4. The van der Waals surface area contributed by atoms with Crippen molar-refractivity contribution in [2.75, 3.05) is 0 Å². The fraction of sp³-hybridized carbons (Fsp3) is 0. The normalized spacial score (nSPS) is 12.3. The van der Waals surface area contributed by atoms with E-state index in [4.69, 9.17) is 0 Å². The molecule has 0 N–H and O–H groups in total. The molecule has 0 unspecified atom stereocenters. The summed E-state index contributed by atoms with van der Waals surface area (Å²) in [5, 5.41) is 20.7. The quantitative estimate of drug-likeness (QED) is 0.103. The van der Waals surface area contributed by atoms with E-state index in [1.54, 1.807) is 0 Å². The highest BCUT2D eigenvalue weighted by Gasteiger charge is 2.35. The van der Waals surface area contributed by atoms with Gasteiger partial charge in [-0.2, -0.15) is 0 Å². The number of rotatable bonds is 3. The minimum Gasteiger partial charge on any atom is -0.309 e. The number of benzene rings is 11. The summed E-state index contributed by atoms with van der Waals surface area (Å²) in [6.07, 6.45) is 0. The SMILES string of the molecule is O=P(c1ccc2ccc3ccccc3c2c1)(c1ccc2ccc3ccccc3c2c1)c1c2ccccc2cc2c3ccccc3c3ccccc3c12. The first-order valence-electron chi connectivity index (χ1n) is 17.9. The number of hydrogen-bond acceptors (Lipinski definition) is 1. The van der Waals surface area contributed by atoms with E-state index in [0.717, 1.165) is 75.2 Å². The Balaban J connectivity index is 1.38. The Morgan fingerprint density at radius 3 is 1.17 bits per heavy atom. The molecule has 242 valence electrons. The van der Waals surface area contributed by atoms with E-state index >= 15 is 4.57 Å². The van der Waals surface area contributed by atoms with Gasteiger partial charge < -0.3 is 4.57 Å². The predicted octanol–water partition coefficient (Wildman–Crippen LogP) is 12.6. The van der Waals surface area contributed by atoms with E-state index in [1.807, 2.05) is 0 Å². The van der Waals surface area contributed by atoms with Crippen LogP contribution < -0.4 is 15.9 Å². The zero-order valence-electron chi connectivity index (χ0n) is 28.3. The summed E-state index contributed by atoms with van der Waals surface area (Å²) in [5.41, 5.74) is 0. The maximum Gasteiger partial charge on any atom is 0.172 e. The summed E-state index contributed by atoms with van der Waals surface area (Å²) < 4.78 is 17.4. The topological polar surface area (TPSA) is 17.1 Å². The van der Waals surface area contributed by atoms with Crippen LogP contribution in [0.15, 0.2) is 188 Å².